The molecular formula is C15H30N4. The zero-order chi connectivity index (χ0) is 13.6. The van der Waals surface area contributed by atoms with Gasteiger partial charge in [-0.15, -0.1) is 0 Å². The summed E-state index contributed by atoms with van der Waals surface area (Å²) in [4.78, 5) is 7.90. The van der Waals surface area contributed by atoms with Gasteiger partial charge in [0.05, 0.1) is 0 Å². The minimum absolute atomic E-state index is 0.264. The Labute approximate surface area is 117 Å². The summed E-state index contributed by atoms with van der Waals surface area (Å²) in [5.41, 5.74) is 6.56. The van der Waals surface area contributed by atoms with Gasteiger partial charge in [0, 0.05) is 43.8 Å². The second kappa shape index (κ2) is 4.99. The summed E-state index contributed by atoms with van der Waals surface area (Å²) in [5, 5.41) is 0. The minimum Gasteiger partial charge on any atom is -0.329 e. The lowest BCUT2D eigenvalue weighted by Gasteiger charge is -2.60. The highest BCUT2D eigenvalue weighted by Gasteiger charge is 2.50. The highest BCUT2D eigenvalue weighted by atomic mass is 15.4. The van der Waals surface area contributed by atoms with Crippen molar-refractivity contribution in [3.05, 3.63) is 0 Å². The lowest BCUT2D eigenvalue weighted by Crippen LogP contribution is -2.73. The highest BCUT2D eigenvalue weighted by Crippen LogP contribution is 2.40. The van der Waals surface area contributed by atoms with E-state index in [0.717, 1.165) is 12.5 Å². The Bertz CT molecular complexity index is 314. The third-order valence-corrected chi connectivity index (χ3v) is 6.19. The second-order valence-corrected chi connectivity index (χ2v) is 7.13. The quantitative estimate of drug-likeness (QED) is 0.786. The largest absolute Gasteiger partial charge is 0.329 e. The van der Waals surface area contributed by atoms with E-state index in [1.807, 2.05) is 0 Å². The van der Waals surface area contributed by atoms with Crippen LogP contribution in [0, 0.1) is 5.92 Å². The van der Waals surface area contributed by atoms with Crippen molar-refractivity contribution in [2.24, 2.45) is 11.7 Å². The number of fused-ring (bicyclic) bond motifs is 3. The molecule has 0 aliphatic carbocycles. The van der Waals surface area contributed by atoms with E-state index in [9.17, 15) is 0 Å². The van der Waals surface area contributed by atoms with Crippen molar-refractivity contribution in [1.82, 2.24) is 14.7 Å². The van der Waals surface area contributed by atoms with Crippen LogP contribution in [-0.4, -0.2) is 78.6 Å². The van der Waals surface area contributed by atoms with Crippen LogP contribution in [0.25, 0.3) is 0 Å². The van der Waals surface area contributed by atoms with Crippen LogP contribution in [0.4, 0.5) is 0 Å². The van der Waals surface area contributed by atoms with Crippen LogP contribution in [-0.2, 0) is 0 Å². The minimum atomic E-state index is 0.264. The Hall–Kier alpha value is -0.160. The standard InChI is InChI=1S/C15H30N4/c1-12-8-19(9-13(2)17(12)3)15(10-16)11-18-6-4-14(15)5-7-18/h12-14H,4-11,16H2,1-3H3. The van der Waals surface area contributed by atoms with E-state index in [0.29, 0.717) is 12.1 Å². The zero-order valence-corrected chi connectivity index (χ0v) is 12.8. The third-order valence-electron chi connectivity index (χ3n) is 6.19. The van der Waals surface area contributed by atoms with E-state index in [4.69, 9.17) is 5.73 Å². The number of nitrogens with two attached hydrogens (primary N) is 1. The van der Waals surface area contributed by atoms with Crippen LogP contribution in [0.1, 0.15) is 26.7 Å². The van der Waals surface area contributed by atoms with Gasteiger partial charge in [0.15, 0.2) is 0 Å². The lowest BCUT2D eigenvalue weighted by atomic mass is 9.71. The van der Waals surface area contributed by atoms with Gasteiger partial charge in [-0.2, -0.15) is 0 Å². The first-order chi connectivity index (χ1) is 9.06. The van der Waals surface area contributed by atoms with Gasteiger partial charge in [0.2, 0.25) is 0 Å². The molecule has 0 aromatic heterocycles. The van der Waals surface area contributed by atoms with E-state index in [1.54, 1.807) is 0 Å². The van der Waals surface area contributed by atoms with Crippen molar-refractivity contribution >= 4 is 0 Å². The Morgan fingerprint density at radius 3 is 2.11 bits per heavy atom. The molecule has 4 fully saturated rings. The van der Waals surface area contributed by atoms with Crippen LogP contribution in [0.3, 0.4) is 0 Å². The van der Waals surface area contributed by atoms with Crippen molar-refractivity contribution < 1.29 is 0 Å². The number of hydrogen-bond acceptors (Lipinski definition) is 4. The van der Waals surface area contributed by atoms with Gasteiger partial charge in [-0.25, -0.2) is 0 Å². The number of piperazine rings is 1. The van der Waals surface area contributed by atoms with Crippen molar-refractivity contribution in [2.75, 3.05) is 46.3 Å². The number of likely N-dealkylation sites (N-methyl/N-ethyl adjacent to an activating group) is 1. The third kappa shape index (κ3) is 2.13. The van der Waals surface area contributed by atoms with E-state index < -0.39 is 0 Å². The van der Waals surface area contributed by atoms with Crippen LogP contribution < -0.4 is 5.73 Å². The van der Waals surface area contributed by atoms with Crippen molar-refractivity contribution in [3.63, 3.8) is 0 Å². The fourth-order valence-electron chi connectivity index (χ4n) is 4.63. The van der Waals surface area contributed by atoms with Crippen LogP contribution >= 0.6 is 0 Å². The molecule has 4 aliphatic rings. The van der Waals surface area contributed by atoms with Crippen molar-refractivity contribution in [3.8, 4) is 0 Å². The number of rotatable bonds is 2. The van der Waals surface area contributed by atoms with Crippen LogP contribution in [0.5, 0.6) is 0 Å². The molecule has 2 bridgehead atoms. The Morgan fingerprint density at radius 1 is 1.11 bits per heavy atom. The van der Waals surface area contributed by atoms with Crippen LogP contribution in [0.2, 0.25) is 0 Å². The summed E-state index contributed by atoms with van der Waals surface area (Å²) in [6.45, 7) is 11.7. The molecule has 4 rings (SSSR count). The monoisotopic (exact) mass is 266 g/mol. The molecule has 110 valence electrons. The van der Waals surface area contributed by atoms with Crippen molar-refractivity contribution in [1.29, 1.82) is 0 Å². The normalized spacial score (nSPS) is 48.6. The Kier molecular flexibility index (Phi) is 3.63. The molecule has 4 nitrogen and oxygen atoms in total. The fraction of sp³-hybridized carbons (Fsp3) is 1.00. The maximum absolute atomic E-state index is 6.30. The number of hydrogen-bond donors (Lipinski definition) is 1. The zero-order valence-electron chi connectivity index (χ0n) is 12.8. The van der Waals surface area contributed by atoms with E-state index in [2.05, 4.69) is 35.6 Å². The smallest absolute Gasteiger partial charge is 0.0488 e. The van der Waals surface area contributed by atoms with Crippen LogP contribution in [0.15, 0.2) is 0 Å². The maximum Gasteiger partial charge on any atom is 0.0488 e. The second-order valence-electron chi connectivity index (χ2n) is 7.13. The fourth-order valence-corrected chi connectivity index (χ4v) is 4.63. The predicted molar refractivity (Wildman–Crippen MR) is 79.2 cm³/mol. The van der Waals surface area contributed by atoms with Gasteiger partial charge < -0.3 is 10.6 Å². The molecule has 19 heavy (non-hydrogen) atoms. The molecule has 0 aromatic rings. The molecule has 4 saturated heterocycles. The average Bonchev–Trinajstić information content (AvgIpc) is 2.45. The van der Waals surface area contributed by atoms with E-state index in [-0.39, 0.29) is 5.54 Å². The van der Waals surface area contributed by atoms with Gasteiger partial charge in [-0.3, -0.25) is 9.80 Å². The number of piperidine rings is 3. The van der Waals surface area contributed by atoms with Gasteiger partial charge in [0.25, 0.3) is 0 Å². The summed E-state index contributed by atoms with van der Waals surface area (Å²) in [6, 6.07) is 1.28. The molecule has 4 heteroatoms. The Balaban J connectivity index is 1.82. The SMILES string of the molecule is CC1CN(C2(CN)CN3CCC2CC3)CC(C)N1C. The summed E-state index contributed by atoms with van der Waals surface area (Å²) in [7, 11) is 2.26. The van der Waals surface area contributed by atoms with Gasteiger partial charge in [-0.1, -0.05) is 0 Å². The first-order valence-electron chi connectivity index (χ1n) is 7.96. The van der Waals surface area contributed by atoms with Crippen molar-refractivity contribution in [2.45, 2.75) is 44.3 Å². The average molecular weight is 266 g/mol. The molecule has 3 atom stereocenters. The molecular weight excluding hydrogens is 236 g/mol. The predicted octanol–water partition coefficient (Wildman–Crippen LogP) is 0.434. The Morgan fingerprint density at radius 2 is 1.68 bits per heavy atom. The summed E-state index contributed by atoms with van der Waals surface area (Å²) >= 11 is 0. The molecule has 0 saturated carbocycles. The molecule has 0 aromatic carbocycles. The maximum atomic E-state index is 6.30. The highest BCUT2D eigenvalue weighted by molar-refractivity contribution is 5.08. The first-order valence-corrected chi connectivity index (χ1v) is 7.96. The molecule has 0 amide bonds. The van der Waals surface area contributed by atoms with E-state index >= 15 is 0 Å². The first kappa shape index (κ1) is 13.8. The lowest BCUT2D eigenvalue weighted by molar-refractivity contribution is -0.0989. The molecule has 0 spiro atoms. The molecule has 2 N–H and O–H groups in total. The molecule has 0 radical (unpaired) electrons. The summed E-state index contributed by atoms with van der Waals surface area (Å²) in [6.07, 6.45) is 2.71. The molecule has 4 aliphatic heterocycles. The van der Waals surface area contributed by atoms with Gasteiger partial charge >= 0.3 is 0 Å². The molecule has 3 unspecified atom stereocenters. The summed E-state index contributed by atoms with van der Waals surface area (Å²) in [5.74, 6) is 0.824. The van der Waals surface area contributed by atoms with E-state index in [1.165, 1.54) is 45.6 Å². The number of nitrogens with zero attached hydrogens (tertiary/aromatic N) is 3. The van der Waals surface area contributed by atoms with Gasteiger partial charge in [-0.05, 0) is 52.7 Å². The van der Waals surface area contributed by atoms with Gasteiger partial charge in [0.1, 0.15) is 0 Å². The summed E-state index contributed by atoms with van der Waals surface area (Å²) < 4.78 is 0. The molecule has 4 heterocycles. The topological polar surface area (TPSA) is 35.7 Å².